The van der Waals surface area contributed by atoms with Gasteiger partial charge >= 0.3 is 18.0 Å². The molecule has 2 N–H and O–H groups in total. The summed E-state index contributed by atoms with van der Waals surface area (Å²) < 4.78 is 16.2. The summed E-state index contributed by atoms with van der Waals surface area (Å²) in [5, 5.41) is 5.96. The summed E-state index contributed by atoms with van der Waals surface area (Å²) in [4.78, 5) is 44.6. The van der Waals surface area contributed by atoms with Crippen molar-refractivity contribution in [3.63, 3.8) is 0 Å². The number of nitrogens with zero attached hydrogens (tertiary/aromatic N) is 3. The number of benzene rings is 1. The average Bonchev–Trinajstić information content (AvgIpc) is 2.85. The largest absolute Gasteiger partial charge is 0.493 e. The second-order valence-electron chi connectivity index (χ2n) is 10.6. The molecule has 2 aliphatic rings. The van der Waals surface area contributed by atoms with Crippen LogP contribution in [0.3, 0.4) is 0 Å². The van der Waals surface area contributed by atoms with Gasteiger partial charge < -0.3 is 29.7 Å². The van der Waals surface area contributed by atoms with Crippen LogP contribution >= 0.6 is 0 Å². The van der Waals surface area contributed by atoms with Gasteiger partial charge in [-0.15, -0.1) is 0 Å². The van der Waals surface area contributed by atoms with Crippen molar-refractivity contribution < 1.29 is 28.6 Å². The molecular formula is C27H41N5O6. The highest BCUT2D eigenvalue weighted by atomic mass is 16.5. The fourth-order valence-electron chi connectivity index (χ4n) is 4.76. The lowest BCUT2D eigenvalue weighted by Crippen LogP contribution is -2.59. The number of nitrogens with one attached hydrogen (secondary N) is 2. The number of carbonyl (C=O) groups excluding carboxylic acids is 3. The van der Waals surface area contributed by atoms with Gasteiger partial charge in [-0.25, -0.2) is 14.4 Å². The van der Waals surface area contributed by atoms with Gasteiger partial charge in [-0.2, -0.15) is 0 Å². The Hall–Kier alpha value is -3.47. The van der Waals surface area contributed by atoms with E-state index in [2.05, 4.69) is 15.5 Å². The zero-order valence-electron chi connectivity index (χ0n) is 23.7. The lowest BCUT2D eigenvalue weighted by atomic mass is 9.93. The Kier molecular flexibility index (Phi) is 9.14. The number of rotatable bonds is 7. The summed E-state index contributed by atoms with van der Waals surface area (Å²) in [6.07, 6.45) is 0. The van der Waals surface area contributed by atoms with Crippen LogP contribution in [0, 0.1) is 0 Å². The quantitative estimate of drug-likeness (QED) is 0.520. The molecule has 1 fully saturated rings. The molecule has 11 heteroatoms. The standard InChI is InChI=1S/C27H41N5O6/c1-9-38-24(33)22-19(16-31-12-13-32(17(2)15-31)26(35)29-27(3,4)5)30(6)25(34)28-23(22)18-10-11-20(36-7)21(14-18)37-8/h10-11,14,17,23H,9,12-13,15-16H2,1-8H3,(H,28,34)(H,29,35)/t17-,23+/m1/s1. The number of urea groups is 2. The molecule has 38 heavy (non-hydrogen) atoms. The minimum atomic E-state index is -0.733. The normalized spacial score (nSPS) is 20.7. The van der Waals surface area contributed by atoms with E-state index in [4.69, 9.17) is 14.2 Å². The van der Waals surface area contributed by atoms with E-state index < -0.39 is 12.0 Å². The summed E-state index contributed by atoms with van der Waals surface area (Å²) in [6, 6.07) is 4.07. The van der Waals surface area contributed by atoms with Crippen LogP contribution in [0.1, 0.15) is 46.2 Å². The van der Waals surface area contributed by atoms with Gasteiger partial charge in [0.05, 0.1) is 32.4 Å². The van der Waals surface area contributed by atoms with Crippen molar-refractivity contribution in [3.05, 3.63) is 35.0 Å². The number of ether oxygens (including phenoxy) is 3. The zero-order chi connectivity index (χ0) is 28.2. The monoisotopic (exact) mass is 531 g/mol. The van der Waals surface area contributed by atoms with Gasteiger partial charge in [0.2, 0.25) is 0 Å². The van der Waals surface area contributed by atoms with Crippen LogP contribution in [0.25, 0.3) is 0 Å². The van der Waals surface area contributed by atoms with E-state index in [9.17, 15) is 14.4 Å². The van der Waals surface area contributed by atoms with Crippen molar-refractivity contribution in [1.82, 2.24) is 25.3 Å². The molecule has 0 bridgehead atoms. The van der Waals surface area contributed by atoms with E-state index in [1.165, 1.54) is 12.0 Å². The molecule has 0 unspecified atom stereocenters. The molecule has 0 aromatic heterocycles. The number of likely N-dealkylation sites (N-methyl/N-ethyl adjacent to an activating group) is 1. The van der Waals surface area contributed by atoms with Gasteiger partial charge in [0.25, 0.3) is 0 Å². The molecule has 1 aromatic carbocycles. The van der Waals surface area contributed by atoms with E-state index in [0.717, 1.165) is 0 Å². The van der Waals surface area contributed by atoms with E-state index in [0.29, 0.717) is 54.5 Å². The molecule has 1 aromatic rings. The molecule has 0 saturated carbocycles. The molecular weight excluding hydrogens is 490 g/mol. The van der Waals surface area contributed by atoms with E-state index in [-0.39, 0.29) is 30.2 Å². The molecule has 0 radical (unpaired) electrons. The maximum absolute atomic E-state index is 13.3. The van der Waals surface area contributed by atoms with Gasteiger partial charge in [0, 0.05) is 50.5 Å². The Morgan fingerprint density at radius 3 is 2.39 bits per heavy atom. The van der Waals surface area contributed by atoms with Crippen molar-refractivity contribution in [2.45, 2.75) is 52.2 Å². The van der Waals surface area contributed by atoms with Crippen LogP contribution in [-0.4, -0.2) is 98.4 Å². The number of carbonyl (C=O) groups is 3. The van der Waals surface area contributed by atoms with Crippen LogP contribution in [0.2, 0.25) is 0 Å². The Bertz CT molecular complexity index is 1080. The third-order valence-electron chi connectivity index (χ3n) is 6.64. The second kappa shape index (κ2) is 11.9. The van der Waals surface area contributed by atoms with E-state index in [1.54, 1.807) is 39.3 Å². The Morgan fingerprint density at radius 2 is 1.82 bits per heavy atom. The topological polar surface area (TPSA) is 113 Å². The van der Waals surface area contributed by atoms with Crippen LogP contribution in [0.4, 0.5) is 9.59 Å². The van der Waals surface area contributed by atoms with Crippen LogP contribution in [-0.2, 0) is 9.53 Å². The summed E-state index contributed by atoms with van der Waals surface area (Å²) in [6.45, 7) is 11.9. The highest BCUT2D eigenvalue weighted by molar-refractivity contribution is 5.95. The molecule has 11 nitrogen and oxygen atoms in total. The maximum atomic E-state index is 13.3. The van der Waals surface area contributed by atoms with Crippen molar-refractivity contribution >= 4 is 18.0 Å². The lowest BCUT2D eigenvalue weighted by molar-refractivity contribution is -0.139. The predicted molar refractivity (Wildman–Crippen MR) is 143 cm³/mol. The molecule has 3 rings (SSSR count). The van der Waals surface area contributed by atoms with Crippen molar-refractivity contribution in [2.75, 3.05) is 54.1 Å². The summed E-state index contributed by atoms with van der Waals surface area (Å²) in [7, 11) is 4.72. The first-order valence-corrected chi connectivity index (χ1v) is 12.9. The fourth-order valence-corrected chi connectivity index (χ4v) is 4.76. The van der Waals surface area contributed by atoms with Gasteiger partial charge in [-0.1, -0.05) is 6.07 Å². The summed E-state index contributed by atoms with van der Waals surface area (Å²) in [5.74, 6) is 0.534. The van der Waals surface area contributed by atoms with E-state index >= 15 is 0 Å². The Labute approximate surface area is 225 Å². The first kappa shape index (κ1) is 29.1. The first-order valence-electron chi connectivity index (χ1n) is 12.9. The average molecular weight is 532 g/mol. The van der Waals surface area contributed by atoms with Gasteiger partial charge in [0.15, 0.2) is 11.5 Å². The predicted octanol–water partition coefficient (Wildman–Crippen LogP) is 2.73. The second-order valence-corrected chi connectivity index (χ2v) is 10.6. The molecule has 2 atom stereocenters. The number of hydrogen-bond acceptors (Lipinski definition) is 7. The van der Waals surface area contributed by atoms with Crippen LogP contribution in [0.5, 0.6) is 11.5 Å². The number of amides is 4. The fraction of sp³-hybridized carbons (Fsp3) is 0.593. The molecule has 2 heterocycles. The zero-order valence-corrected chi connectivity index (χ0v) is 23.7. The summed E-state index contributed by atoms with van der Waals surface area (Å²) >= 11 is 0. The van der Waals surface area contributed by atoms with Crippen LogP contribution in [0.15, 0.2) is 29.5 Å². The first-order chi connectivity index (χ1) is 17.9. The molecule has 210 valence electrons. The van der Waals surface area contributed by atoms with Gasteiger partial charge in [-0.3, -0.25) is 9.80 Å². The van der Waals surface area contributed by atoms with Gasteiger partial charge in [-0.05, 0) is 52.3 Å². The Morgan fingerprint density at radius 1 is 1.13 bits per heavy atom. The molecule has 4 amide bonds. The maximum Gasteiger partial charge on any atom is 0.338 e. The van der Waals surface area contributed by atoms with Crippen LogP contribution < -0.4 is 20.1 Å². The summed E-state index contributed by atoms with van der Waals surface area (Å²) in [5.41, 5.74) is 1.26. The minimum absolute atomic E-state index is 0.0536. The number of esters is 1. The highest BCUT2D eigenvalue weighted by Gasteiger charge is 2.39. The van der Waals surface area contributed by atoms with E-state index in [1.807, 2.05) is 32.6 Å². The van der Waals surface area contributed by atoms with Crippen molar-refractivity contribution in [3.8, 4) is 11.5 Å². The third kappa shape index (κ3) is 6.50. The number of piperazine rings is 1. The Balaban J connectivity index is 1.94. The third-order valence-corrected chi connectivity index (χ3v) is 6.64. The van der Waals surface area contributed by atoms with Gasteiger partial charge in [0.1, 0.15) is 0 Å². The molecule has 2 aliphatic heterocycles. The highest BCUT2D eigenvalue weighted by Crippen LogP contribution is 2.36. The van der Waals surface area contributed by atoms with Crippen molar-refractivity contribution in [2.24, 2.45) is 0 Å². The number of methoxy groups -OCH3 is 2. The smallest absolute Gasteiger partial charge is 0.338 e. The molecule has 0 spiro atoms. The number of hydrogen-bond donors (Lipinski definition) is 2. The SMILES string of the molecule is CCOC(=O)C1=C(CN2CCN(C(=O)NC(C)(C)C)[C@H](C)C2)N(C)C(=O)N[C@H]1c1ccc(OC)c(OC)c1. The van der Waals surface area contributed by atoms with Crippen molar-refractivity contribution in [1.29, 1.82) is 0 Å². The molecule has 1 saturated heterocycles. The molecule has 0 aliphatic carbocycles. The lowest BCUT2D eigenvalue weighted by Gasteiger charge is -2.43. The minimum Gasteiger partial charge on any atom is -0.493 e.